The number of ether oxygens (including phenoxy) is 2. The van der Waals surface area contributed by atoms with Gasteiger partial charge in [0, 0.05) is 32.7 Å². The first kappa shape index (κ1) is 14.5. The number of hydrogen-bond acceptors (Lipinski definition) is 4. The molecule has 3 rings (SSSR count). The Labute approximate surface area is 126 Å². The molecule has 1 fully saturated rings. The van der Waals surface area contributed by atoms with Crippen LogP contribution in [0, 0.1) is 5.92 Å². The molecule has 0 spiro atoms. The molecule has 0 aromatic rings. The quantitative estimate of drug-likeness (QED) is 0.697. The minimum atomic E-state index is 0.188. The van der Waals surface area contributed by atoms with E-state index in [1.807, 2.05) is 0 Å². The standard InChI is InChI=1S/C17H24N2O2/c1-20-9-4-10-21-17-11-14(12-18-13-7-8-13)19-16-6-3-2-5-15(16)17/h2-3,5-6,11,13,15-16,18H,4,7-10,12H2,1H3. The number of methoxy groups -OCH3 is 1. The second kappa shape index (κ2) is 7.05. The van der Waals surface area contributed by atoms with E-state index in [-0.39, 0.29) is 12.0 Å². The summed E-state index contributed by atoms with van der Waals surface area (Å²) in [7, 11) is 1.72. The van der Waals surface area contributed by atoms with Crippen LogP contribution in [-0.2, 0) is 9.47 Å². The van der Waals surface area contributed by atoms with Gasteiger partial charge in [0.25, 0.3) is 0 Å². The second-order valence-corrected chi connectivity index (χ2v) is 5.80. The van der Waals surface area contributed by atoms with Crippen molar-refractivity contribution in [3.05, 3.63) is 36.1 Å². The zero-order valence-electron chi connectivity index (χ0n) is 12.6. The average molecular weight is 288 g/mol. The van der Waals surface area contributed by atoms with E-state index in [9.17, 15) is 0 Å². The molecule has 0 saturated heterocycles. The zero-order valence-corrected chi connectivity index (χ0v) is 12.6. The Kier molecular flexibility index (Phi) is 4.88. The molecule has 21 heavy (non-hydrogen) atoms. The van der Waals surface area contributed by atoms with Crippen LogP contribution in [0.15, 0.2) is 41.1 Å². The lowest BCUT2D eigenvalue weighted by Gasteiger charge is -2.28. The van der Waals surface area contributed by atoms with E-state index in [0.29, 0.717) is 12.6 Å². The van der Waals surface area contributed by atoms with Crippen LogP contribution in [0.25, 0.3) is 0 Å². The minimum absolute atomic E-state index is 0.188. The topological polar surface area (TPSA) is 42.9 Å². The number of rotatable bonds is 8. The molecule has 0 amide bonds. The molecule has 0 bridgehead atoms. The van der Waals surface area contributed by atoms with Crippen LogP contribution in [0.5, 0.6) is 0 Å². The van der Waals surface area contributed by atoms with Gasteiger partial charge in [-0.2, -0.15) is 0 Å². The maximum Gasteiger partial charge on any atom is 0.107 e. The Balaban J connectivity index is 1.62. The van der Waals surface area contributed by atoms with Gasteiger partial charge in [-0.25, -0.2) is 0 Å². The molecule has 2 atom stereocenters. The van der Waals surface area contributed by atoms with E-state index in [2.05, 4.69) is 35.7 Å². The van der Waals surface area contributed by atoms with Crippen molar-refractivity contribution in [1.29, 1.82) is 0 Å². The van der Waals surface area contributed by atoms with E-state index in [4.69, 9.17) is 14.5 Å². The Bertz CT molecular complexity index is 475. The van der Waals surface area contributed by atoms with Crippen molar-refractivity contribution < 1.29 is 9.47 Å². The van der Waals surface area contributed by atoms with Gasteiger partial charge in [-0.1, -0.05) is 24.3 Å². The van der Waals surface area contributed by atoms with Crippen LogP contribution < -0.4 is 5.32 Å². The number of allylic oxidation sites excluding steroid dienone is 2. The van der Waals surface area contributed by atoms with Crippen molar-refractivity contribution in [1.82, 2.24) is 5.32 Å². The highest BCUT2D eigenvalue weighted by molar-refractivity contribution is 5.98. The summed E-state index contributed by atoms with van der Waals surface area (Å²) in [5, 5.41) is 3.53. The predicted octanol–water partition coefficient (Wildman–Crippen LogP) is 2.24. The number of nitrogens with one attached hydrogen (secondary N) is 1. The molecule has 3 aliphatic rings. The van der Waals surface area contributed by atoms with Crippen molar-refractivity contribution in [3.63, 3.8) is 0 Å². The number of hydrogen-bond donors (Lipinski definition) is 1. The van der Waals surface area contributed by atoms with E-state index in [1.165, 1.54) is 12.8 Å². The van der Waals surface area contributed by atoms with Crippen LogP contribution in [0.1, 0.15) is 19.3 Å². The summed E-state index contributed by atoms with van der Waals surface area (Å²) in [5.74, 6) is 1.29. The first-order chi connectivity index (χ1) is 10.4. The SMILES string of the molecule is COCCCOC1=CC(CNC2CC2)=NC2C=CC=CC12. The molecule has 4 nitrogen and oxygen atoms in total. The van der Waals surface area contributed by atoms with Crippen LogP contribution in [0.2, 0.25) is 0 Å². The molecule has 4 heteroatoms. The van der Waals surface area contributed by atoms with Gasteiger partial charge in [0.05, 0.1) is 24.3 Å². The molecule has 2 unspecified atom stereocenters. The Morgan fingerprint density at radius 3 is 2.90 bits per heavy atom. The molecule has 1 N–H and O–H groups in total. The first-order valence-corrected chi connectivity index (χ1v) is 7.85. The first-order valence-electron chi connectivity index (χ1n) is 7.85. The highest BCUT2D eigenvalue weighted by atomic mass is 16.5. The van der Waals surface area contributed by atoms with Gasteiger partial charge in [-0.15, -0.1) is 0 Å². The van der Waals surface area contributed by atoms with Crippen LogP contribution >= 0.6 is 0 Å². The Hall–Kier alpha value is -1.39. The molecule has 0 radical (unpaired) electrons. The summed E-state index contributed by atoms with van der Waals surface area (Å²) in [6, 6.07) is 0.889. The van der Waals surface area contributed by atoms with Crippen molar-refractivity contribution in [3.8, 4) is 0 Å². The summed E-state index contributed by atoms with van der Waals surface area (Å²) in [5.41, 5.74) is 1.10. The molecule has 1 saturated carbocycles. The second-order valence-electron chi connectivity index (χ2n) is 5.80. The average Bonchev–Trinajstić information content (AvgIpc) is 3.34. The number of nitrogens with zero attached hydrogens (tertiary/aromatic N) is 1. The third-order valence-corrected chi connectivity index (χ3v) is 3.97. The molecular formula is C17H24N2O2. The summed E-state index contributed by atoms with van der Waals surface area (Å²) in [4.78, 5) is 4.83. The number of fused-ring (bicyclic) bond motifs is 1. The van der Waals surface area contributed by atoms with E-state index in [1.54, 1.807) is 7.11 Å². The van der Waals surface area contributed by atoms with E-state index >= 15 is 0 Å². The van der Waals surface area contributed by atoms with Gasteiger partial charge in [0.1, 0.15) is 5.76 Å². The van der Waals surface area contributed by atoms with Crippen LogP contribution in [0.4, 0.5) is 0 Å². The molecule has 1 aliphatic heterocycles. The smallest absolute Gasteiger partial charge is 0.107 e. The maximum absolute atomic E-state index is 5.99. The van der Waals surface area contributed by atoms with E-state index in [0.717, 1.165) is 31.0 Å². The van der Waals surface area contributed by atoms with Crippen molar-refractivity contribution in [2.75, 3.05) is 26.9 Å². The zero-order chi connectivity index (χ0) is 14.5. The van der Waals surface area contributed by atoms with E-state index < -0.39 is 0 Å². The van der Waals surface area contributed by atoms with Gasteiger partial charge in [0.15, 0.2) is 0 Å². The normalized spacial score (nSPS) is 27.1. The lowest BCUT2D eigenvalue weighted by atomic mass is 9.90. The highest BCUT2D eigenvalue weighted by Crippen LogP contribution is 2.29. The third-order valence-electron chi connectivity index (χ3n) is 3.97. The van der Waals surface area contributed by atoms with Crippen LogP contribution in [0.3, 0.4) is 0 Å². The summed E-state index contributed by atoms with van der Waals surface area (Å²) in [6.45, 7) is 2.28. The van der Waals surface area contributed by atoms with Crippen molar-refractivity contribution >= 4 is 5.71 Å². The lowest BCUT2D eigenvalue weighted by Crippen LogP contribution is -2.31. The highest BCUT2D eigenvalue weighted by Gasteiger charge is 2.28. The van der Waals surface area contributed by atoms with Gasteiger partial charge >= 0.3 is 0 Å². The fourth-order valence-electron chi connectivity index (χ4n) is 2.64. The predicted molar refractivity (Wildman–Crippen MR) is 84.5 cm³/mol. The fraction of sp³-hybridized carbons (Fsp3) is 0.588. The fourth-order valence-corrected chi connectivity index (χ4v) is 2.64. The molecular weight excluding hydrogens is 264 g/mol. The van der Waals surface area contributed by atoms with Gasteiger partial charge < -0.3 is 14.8 Å². The largest absolute Gasteiger partial charge is 0.497 e. The molecule has 2 aliphatic carbocycles. The number of aliphatic imine (C=N–C) groups is 1. The summed E-state index contributed by atoms with van der Waals surface area (Å²) in [6.07, 6.45) is 14.1. The monoisotopic (exact) mass is 288 g/mol. The molecule has 0 aromatic heterocycles. The Morgan fingerprint density at radius 2 is 2.10 bits per heavy atom. The minimum Gasteiger partial charge on any atom is -0.497 e. The van der Waals surface area contributed by atoms with Crippen molar-refractivity contribution in [2.45, 2.75) is 31.3 Å². The van der Waals surface area contributed by atoms with Crippen molar-refractivity contribution in [2.24, 2.45) is 10.9 Å². The Morgan fingerprint density at radius 1 is 1.24 bits per heavy atom. The molecule has 114 valence electrons. The summed E-state index contributed by atoms with van der Waals surface area (Å²) >= 11 is 0. The van der Waals surface area contributed by atoms with Gasteiger partial charge in [-0.3, -0.25) is 4.99 Å². The third kappa shape index (κ3) is 4.05. The maximum atomic E-state index is 5.99. The number of dihydropyridines is 1. The summed E-state index contributed by atoms with van der Waals surface area (Å²) < 4.78 is 11.1. The molecule has 1 heterocycles. The lowest BCUT2D eigenvalue weighted by molar-refractivity contribution is 0.133. The van der Waals surface area contributed by atoms with Crippen LogP contribution in [-0.4, -0.2) is 44.7 Å². The molecule has 0 aromatic carbocycles. The van der Waals surface area contributed by atoms with Gasteiger partial charge in [0.2, 0.25) is 0 Å². The van der Waals surface area contributed by atoms with Gasteiger partial charge in [-0.05, 0) is 18.9 Å².